The summed E-state index contributed by atoms with van der Waals surface area (Å²) >= 11 is 6.07. The third kappa shape index (κ3) is 5.45. The second-order valence-corrected chi connectivity index (χ2v) is 7.68. The minimum atomic E-state index is -3.57. The Kier molecular flexibility index (Phi) is 6.90. The van der Waals surface area contributed by atoms with E-state index in [1.165, 1.54) is 12.3 Å². The first kappa shape index (κ1) is 18.2. The molecule has 1 unspecified atom stereocenters. The molecular weight excluding hydrogens is 310 g/mol. The molecule has 0 aromatic carbocycles. The van der Waals surface area contributed by atoms with Crippen molar-refractivity contribution in [3.63, 3.8) is 0 Å². The van der Waals surface area contributed by atoms with Gasteiger partial charge in [0.15, 0.2) is 0 Å². The van der Waals surface area contributed by atoms with E-state index in [0.29, 0.717) is 23.3 Å². The van der Waals surface area contributed by atoms with E-state index in [2.05, 4.69) is 28.9 Å². The SMILES string of the molecule is CCCNc1ncc(S(=O)(=O)NCC(C)C(C)C)cc1Cl. The second-order valence-electron chi connectivity index (χ2n) is 5.50. The molecule has 0 aliphatic rings. The summed E-state index contributed by atoms with van der Waals surface area (Å²) in [4.78, 5) is 4.17. The first-order valence-corrected chi connectivity index (χ1v) is 9.03. The lowest BCUT2D eigenvalue weighted by Crippen LogP contribution is -2.30. The Balaban J connectivity index is 2.82. The van der Waals surface area contributed by atoms with Crippen LogP contribution >= 0.6 is 11.6 Å². The predicted octanol–water partition coefficient (Wildman–Crippen LogP) is 3.13. The van der Waals surface area contributed by atoms with Gasteiger partial charge in [-0.2, -0.15) is 0 Å². The van der Waals surface area contributed by atoms with Crippen molar-refractivity contribution >= 4 is 27.4 Å². The monoisotopic (exact) mass is 333 g/mol. The molecule has 120 valence electrons. The number of sulfonamides is 1. The van der Waals surface area contributed by atoms with Crippen LogP contribution < -0.4 is 10.0 Å². The van der Waals surface area contributed by atoms with Crippen LogP contribution in [0.3, 0.4) is 0 Å². The summed E-state index contributed by atoms with van der Waals surface area (Å²) in [6, 6.07) is 1.43. The number of anilines is 1. The van der Waals surface area contributed by atoms with Crippen LogP contribution in [0, 0.1) is 11.8 Å². The first-order chi connectivity index (χ1) is 9.77. The van der Waals surface area contributed by atoms with Crippen molar-refractivity contribution in [3.8, 4) is 0 Å². The third-order valence-electron chi connectivity index (χ3n) is 3.40. The molecule has 2 N–H and O–H groups in total. The van der Waals surface area contributed by atoms with Crippen molar-refractivity contribution in [3.05, 3.63) is 17.3 Å². The maximum absolute atomic E-state index is 12.2. The molecule has 0 bridgehead atoms. The van der Waals surface area contributed by atoms with E-state index >= 15 is 0 Å². The van der Waals surface area contributed by atoms with Gasteiger partial charge in [-0.1, -0.05) is 39.3 Å². The zero-order chi connectivity index (χ0) is 16.0. The van der Waals surface area contributed by atoms with Gasteiger partial charge in [-0.25, -0.2) is 18.1 Å². The van der Waals surface area contributed by atoms with Gasteiger partial charge in [0, 0.05) is 19.3 Å². The molecule has 0 saturated heterocycles. The number of rotatable bonds is 8. The van der Waals surface area contributed by atoms with E-state index in [1.54, 1.807) is 0 Å². The van der Waals surface area contributed by atoms with Crippen molar-refractivity contribution in [2.75, 3.05) is 18.4 Å². The van der Waals surface area contributed by atoms with E-state index in [1.807, 2.05) is 13.8 Å². The van der Waals surface area contributed by atoms with Crippen molar-refractivity contribution < 1.29 is 8.42 Å². The zero-order valence-corrected chi connectivity index (χ0v) is 14.6. The summed E-state index contributed by atoms with van der Waals surface area (Å²) in [5, 5.41) is 3.36. The maximum Gasteiger partial charge on any atom is 0.242 e. The Hall–Kier alpha value is -0.850. The molecule has 1 aromatic heterocycles. The van der Waals surface area contributed by atoms with Crippen LogP contribution in [0.4, 0.5) is 5.82 Å². The van der Waals surface area contributed by atoms with Gasteiger partial charge in [0.2, 0.25) is 10.0 Å². The van der Waals surface area contributed by atoms with E-state index in [0.717, 1.165) is 13.0 Å². The highest BCUT2D eigenvalue weighted by Gasteiger charge is 2.18. The Morgan fingerprint density at radius 1 is 1.33 bits per heavy atom. The molecule has 1 aromatic rings. The summed E-state index contributed by atoms with van der Waals surface area (Å²) in [7, 11) is -3.57. The van der Waals surface area contributed by atoms with Crippen LogP contribution in [0.15, 0.2) is 17.2 Å². The maximum atomic E-state index is 12.2. The summed E-state index contributed by atoms with van der Waals surface area (Å²) in [6.07, 6.45) is 2.26. The number of hydrogen-bond donors (Lipinski definition) is 2. The highest BCUT2D eigenvalue weighted by molar-refractivity contribution is 7.89. The average molecular weight is 334 g/mol. The van der Waals surface area contributed by atoms with Gasteiger partial charge < -0.3 is 5.32 Å². The number of nitrogens with zero attached hydrogens (tertiary/aromatic N) is 1. The fraction of sp³-hybridized carbons (Fsp3) is 0.643. The van der Waals surface area contributed by atoms with Crippen LogP contribution in [-0.2, 0) is 10.0 Å². The van der Waals surface area contributed by atoms with Crippen LogP contribution in [0.2, 0.25) is 5.02 Å². The van der Waals surface area contributed by atoms with Gasteiger partial charge in [-0.05, 0) is 24.3 Å². The van der Waals surface area contributed by atoms with E-state index in [4.69, 9.17) is 11.6 Å². The molecule has 5 nitrogen and oxygen atoms in total. The number of pyridine rings is 1. The van der Waals surface area contributed by atoms with E-state index in [-0.39, 0.29) is 10.8 Å². The zero-order valence-electron chi connectivity index (χ0n) is 13.0. The Morgan fingerprint density at radius 3 is 2.52 bits per heavy atom. The minimum Gasteiger partial charge on any atom is -0.369 e. The molecule has 7 heteroatoms. The largest absolute Gasteiger partial charge is 0.369 e. The fourth-order valence-electron chi connectivity index (χ4n) is 1.50. The molecule has 0 spiro atoms. The van der Waals surface area contributed by atoms with E-state index < -0.39 is 10.0 Å². The molecule has 1 atom stereocenters. The predicted molar refractivity (Wildman–Crippen MR) is 87.2 cm³/mol. The molecule has 0 amide bonds. The van der Waals surface area contributed by atoms with Gasteiger partial charge in [0.1, 0.15) is 10.7 Å². The topological polar surface area (TPSA) is 71.1 Å². The fourth-order valence-corrected chi connectivity index (χ4v) is 2.91. The molecule has 1 rings (SSSR count). The minimum absolute atomic E-state index is 0.0884. The Labute approximate surface area is 132 Å². The molecule has 0 aliphatic carbocycles. The van der Waals surface area contributed by atoms with Crippen molar-refractivity contribution in [2.45, 2.75) is 39.0 Å². The number of nitrogens with one attached hydrogen (secondary N) is 2. The van der Waals surface area contributed by atoms with Crippen LogP contribution in [0.1, 0.15) is 34.1 Å². The first-order valence-electron chi connectivity index (χ1n) is 7.17. The standard InChI is InChI=1S/C14H24ClN3O2S/c1-5-6-16-14-13(15)7-12(9-17-14)21(19,20)18-8-11(4)10(2)3/h7,9-11,18H,5-6,8H2,1-4H3,(H,16,17). The molecular formula is C14H24ClN3O2S. The lowest BCUT2D eigenvalue weighted by atomic mass is 9.99. The smallest absolute Gasteiger partial charge is 0.242 e. The Morgan fingerprint density at radius 2 is 2.00 bits per heavy atom. The molecule has 0 saturated carbocycles. The molecule has 0 aliphatic heterocycles. The third-order valence-corrected chi connectivity index (χ3v) is 5.08. The molecule has 21 heavy (non-hydrogen) atoms. The Bertz CT molecular complexity index is 561. The van der Waals surface area contributed by atoms with Crippen LogP contribution in [-0.4, -0.2) is 26.5 Å². The lowest BCUT2D eigenvalue weighted by molar-refractivity contribution is 0.414. The summed E-state index contributed by atoms with van der Waals surface area (Å²) < 4.78 is 27.0. The quantitative estimate of drug-likeness (QED) is 0.766. The summed E-state index contributed by atoms with van der Waals surface area (Å²) in [5.74, 6) is 1.18. The second kappa shape index (κ2) is 7.96. The van der Waals surface area contributed by atoms with Crippen molar-refractivity contribution in [1.82, 2.24) is 9.71 Å². The molecule has 0 fully saturated rings. The van der Waals surface area contributed by atoms with Gasteiger partial charge in [0.25, 0.3) is 0 Å². The highest BCUT2D eigenvalue weighted by Crippen LogP contribution is 2.22. The van der Waals surface area contributed by atoms with Gasteiger partial charge in [-0.3, -0.25) is 0 Å². The highest BCUT2D eigenvalue weighted by atomic mass is 35.5. The van der Waals surface area contributed by atoms with Crippen molar-refractivity contribution in [1.29, 1.82) is 0 Å². The van der Waals surface area contributed by atoms with Gasteiger partial charge in [0.05, 0.1) is 5.02 Å². The van der Waals surface area contributed by atoms with Gasteiger partial charge in [-0.15, -0.1) is 0 Å². The number of hydrogen-bond acceptors (Lipinski definition) is 4. The van der Waals surface area contributed by atoms with Crippen LogP contribution in [0.5, 0.6) is 0 Å². The van der Waals surface area contributed by atoms with Gasteiger partial charge >= 0.3 is 0 Å². The lowest BCUT2D eigenvalue weighted by Gasteiger charge is -2.16. The normalized spacial score (nSPS) is 13.4. The summed E-state index contributed by atoms with van der Waals surface area (Å²) in [5.41, 5.74) is 0. The average Bonchev–Trinajstić information content (AvgIpc) is 2.43. The van der Waals surface area contributed by atoms with E-state index in [9.17, 15) is 8.42 Å². The van der Waals surface area contributed by atoms with Crippen molar-refractivity contribution in [2.24, 2.45) is 11.8 Å². The van der Waals surface area contributed by atoms with Crippen LogP contribution in [0.25, 0.3) is 0 Å². The molecule has 1 heterocycles. The molecule has 0 radical (unpaired) electrons. The number of aromatic nitrogens is 1. The number of halogens is 1. The summed E-state index contributed by atoms with van der Waals surface area (Å²) in [6.45, 7) is 9.29.